The topological polar surface area (TPSA) is 59.0 Å². The number of carbonyl (C=O) groups is 1. The SMILES string of the molecule is CCCCCCCCC(CCCCCC)[C@@H](O)OCC(OC(=O)C1CCN(C)CC1)C(CCCC)CCCCC. The van der Waals surface area contributed by atoms with Crippen LogP contribution in [0.1, 0.15) is 163 Å². The summed E-state index contributed by atoms with van der Waals surface area (Å²) in [5.74, 6) is 0.416. The van der Waals surface area contributed by atoms with Gasteiger partial charge < -0.3 is 19.5 Å². The summed E-state index contributed by atoms with van der Waals surface area (Å²) in [7, 11) is 2.12. The first-order valence-corrected chi connectivity index (χ1v) is 17.6. The lowest BCUT2D eigenvalue weighted by molar-refractivity contribution is -0.183. The van der Waals surface area contributed by atoms with E-state index in [1.165, 1.54) is 64.2 Å². The Morgan fingerprint density at radius 2 is 1.15 bits per heavy atom. The van der Waals surface area contributed by atoms with Crippen LogP contribution >= 0.6 is 0 Å². The monoisotopic (exact) mass is 568 g/mol. The van der Waals surface area contributed by atoms with Gasteiger partial charge in [0.1, 0.15) is 6.10 Å². The summed E-state index contributed by atoms with van der Waals surface area (Å²) in [6.45, 7) is 11.2. The second kappa shape index (κ2) is 24.9. The van der Waals surface area contributed by atoms with Crippen LogP contribution < -0.4 is 0 Å². The van der Waals surface area contributed by atoms with Crippen molar-refractivity contribution in [3.63, 3.8) is 0 Å². The Hall–Kier alpha value is -0.650. The van der Waals surface area contributed by atoms with Gasteiger partial charge in [-0.3, -0.25) is 4.79 Å². The first-order chi connectivity index (χ1) is 19.5. The van der Waals surface area contributed by atoms with Crippen LogP contribution in [-0.4, -0.2) is 55.1 Å². The summed E-state index contributed by atoms with van der Waals surface area (Å²) in [5, 5.41) is 11.3. The Bertz CT molecular complexity index is 578. The molecule has 4 atom stereocenters. The van der Waals surface area contributed by atoms with Crippen LogP contribution in [0, 0.1) is 17.8 Å². The van der Waals surface area contributed by atoms with Crippen molar-refractivity contribution in [3.05, 3.63) is 0 Å². The molecule has 1 saturated heterocycles. The predicted octanol–water partition coefficient (Wildman–Crippen LogP) is 9.30. The molecule has 5 heteroatoms. The van der Waals surface area contributed by atoms with Crippen LogP contribution in [-0.2, 0) is 14.3 Å². The van der Waals surface area contributed by atoms with Crippen molar-refractivity contribution in [3.8, 4) is 0 Å². The van der Waals surface area contributed by atoms with Gasteiger partial charge in [0.15, 0.2) is 6.29 Å². The van der Waals surface area contributed by atoms with E-state index in [1.54, 1.807) is 0 Å². The lowest BCUT2D eigenvalue weighted by Crippen LogP contribution is -2.39. The zero-order valence-corrected chi connectivity index (χ0v) is 27.5. The molecule has 238 valence electrons. The summed E-state index contributed by atoms with van der Waals surface area (Å²) in [4.78, 5) is 15.6. The fourth-order valence-corrected chi connectivity index (χ4v) is 6.17. The predicted molar refractivity (Wildman–Crippen MR) is 169 cm³/mol. The molecule has 0 bridgehead atoms. The molecular weight excluding hydrogens is 498 g/mol. The number of carbonyl (C=O) groups excluding carboxylic acids is 1. The third kappa shape index (κ3) is 17.3. The number of esters is 1. The number of ether oxygens (including phenoxy) is 2. The molecule has 0 aromatic carbocycles. The van der Waals surface area contributed by atoms with Crippen LogP contribution in [0.4, 0.5) is 0 Å². The van der Waals surface area contributed by atoms with Crippen LogP contribution in [0.2, 0.25) is 0 Å². The van der Waals surface area contributed by atoms with E-state index in [1.807, 2.05) is 0 Å². The van der Waals surface area contributed by atoms with Crippen molar-refractivity contribution in [2.75, 3.05) is 26.7 Å². The van der Waals surface area contributed by atoms with Gasteiger partial charge in [-0.25, -0.2) is 0 Å². The molecule has 0 aliphatic carbocycles. The number of piperidine rings is 1. The molecule has 1 aliphatic rings. The highest BCUT2D eigenvalue weighted by Gasteiger charge is 2.32. The lowest BCUT2D eigenvalue weighted by Gasteiger charge is -2.33. The molecule has 5 nitrogen and oxygen atoms in total. The standard InChI is InChI=1S/C35H69NO4/c1-6-10-14-16-17-20-24-31(23-19-15-11-7-2)34(37)39-29-33(30(21-13-9-4)22-18-12-8-3)40-35(38)32-25-27-36(5)28-26-32/h30-34,37H,6-29H2,1-5H3/t30?,31?,33?,34-/m0/s1. The first kappa shape index (κ1) is 37.4. The summed E-state index contributed by atoms with van der Waals surface area (Å²) in [5.41, 5.74) is 0. The molecule has 3 unspecified atom stereocenters. The molecule has 1 rings (SSSR count). The Kier molecular flexibility index (Phi) is 23.3. The number of nitrogens with zero attached hydrogens (tertiary/aromatic N) is 1. The average molecular weight is 568 g/mol. The van der Waals surface area contributed by atoms with Crippen molar-refractivity contribution in [2.24, 2.45) is 17.8 Å². The molecule has 0 amide bonds. The second-order valence-electron chi connectivity index (χ2n) is 12.8. The zero-order chi connectivity index (χ0) is 29.4. The quantitative estimate of drug-likeness (QED) is 0.0641. The fraction of sp³-hybridized carbons (Fsp3) is 0.971. The number of hydrogen-bond donors (Lipinski definition) is 1. The molecule has 40 heavy (non-hydrogen) atoms. The van der Waals surface area contributed by atoms with Crippen molar-refractivity contribution >= 4 is 5.97 Å². The van der Waals surface area contributed by atoms with Crippen LogP contribution in [0.25, 0.3) is 0 Å². The summed E-state index contributed by atoms with van der Waals surface area (Å²) in [6, 6.07) is 0. The maximum absolute atomic E-state index is 13.3. The molecule has 0 radical (unpaired) electrons. The van der Waals surface area contributed by atoms with Gasteiger partial charge in [0.05, 0.1) is 12.5 Å². The fourth-order valence-electron chi connectivity index (χ4n) is 6.17. The van der Waals surface area contributed by atoms with E-state index in [0.29, 0.717) is 12.5 Å². The third-order valence-electron chi connectivity index (χ3n) is 9.14. The van der Waals surface area contributed by atoms with Gasteiger partial charge in [0, 0.05) is 5.92 Å². The Morgan fingerprint density at radius 3 is 1.75 bits per heavy atom. The van der Waals surface area contributed by atoms with E-state index in [4.69, 9.17) is 9.47 Å². The van der Waals surface area contributed by atoms with Gasteiger partial charge in [-0.1, -0.05) is 124 Å². The van der Waals surface area contributed by atoms with Gasteiger partial charge in [0.2, 0.25) is 0 Å². The number of rotatable bonds is 26. The van der Waals surface area contributed by atoms with Crippen molar-refractivity contribution in [1.29, 1.82) is 0 Å². The van der Waals surface area contributed by atoms with Crippen LogP contribution in [0.3, 0.4) is 0 Å². The molecule has 1 N–H and O–H groups in total. The molecule has 1 fully saturated rings. The van der Waals surface area contributed by atoms with E-state index < -0.39 is 6.29 Å². The third-order valence-corrected chi connectivity index (χ3v) is 9.14. The highest BCUT2D eigenvalue weighted by Crippen LogP contribution is 2.28. The smallest absolute Gasteiger partial charge is 0.309 e. The highest BCUT2D eigenvalue weighted by molar-refractivity contribution is 5.72. The van der Waals surface area contributed by atoms with E-state index >= 15 is 0 Å². The largest absolute Gasteiger partial charge is 0.459 e. The molecular formula is C35H69NO4. The summed E-state index contributed by atoms with van der Waals surface area (Å²) >= 11 is 0. The van der Waals surface area contributed by atoms with Crippen molar-refractivity contribution in [1.82, 2.24) is 4.90 Å². The molecule has 1 heterocycles. The van der Waals surface area contributed by atoms with E-state index in [-0.39, 0.29) is 23.9 Å². The minimum atomic E-state index is -0.774. The Morgan fingerprint density at radius 1 is 0.700 bits per heavy atom. The molecule has 0 aromatic heterocycles. The maximum atomic E-state index is 13.3. The minimum Gasteiger partial charge on any atom is -0.459 e. The number of hydrogen-bond acceptors (Lipinski definition) is 5. The van der Waals surface area contributed by atoms with Gasteiger partial charge in [0.25, 0.3) is 0 Å². The van der Waals surface area contributed by atoms with Crippen molar-refractivity contribution < 1.29 is 19.4 Å². The molecule has 0 aromatic rings. The minimum absolute atomic E-state index is 0.00915. The number of unbranched alkanes of at least 4 members (excludes halogenated alkanes) is 11. The normalized spacial score (nSPS) is 17.9. The average Bonchev–Trinajstić information content (AvgIpc) is 2.96. The first-order valence-electron chi connectivity index (χ1n) is 17.6. The summed E-state index contributed by atoms with van der Waals surface area (Å²) in [6.07, 6.45) is 23.2. The van der Waals surface area contributed by atoms with E-state index in [0.717, 1.165) is 83.7 Å². The van der Waals surface area contributed by atoms with Gasteiger partial charge in [-0.2, -0.15) is 0 Å². The highest BCUT2D eigenvalue weighted by atomic mass is 16.6. The lowest BCUT2D eigenvalue weighted by atomic mass is 9.90. The number of likely N-dealkylation sites (tertiary alicyclic amines) is 1. The van der Waals surface area contributed by atoms with Crippen molar-refractivity contribution in [2.45, 2.75) is 175 Å². The zero-order valence-electron chi connectivity index (χ0n) is 27.5. The van der Waals surface area contributed by atoms with Gasteiger partial charge in [-0.15, -0.1) is 0 Å². The Balaban J connectivity index is 2.85. The number of aliphatic hydroxyl groups is 1. The maximum Gasteiger partial charge on any atom is 0.309 e. The van der Waals surface area contributed by atoms with Crippen LogP contribution in [0.5, 0.6) is 0 Å². The molecule has 0 spiro atoms. The number of aliphatic hydroxyl groups excluding tert-OH is 1. The second-order valence-corrected chi connectivity index (χ2v) is 12.8. The van der Waals surface area contributed by atoms with E-state index in [2.05, 4.69) is 39.6 Å². The summed E-state index contributed by atoms with van der Waals surface area (Å²) < 4.78 is 12.6. The molecule has 0 saturated carbocycles. The van der Waals surface area contributed by atoms with Crippen LogP contribution in [0.15, 0.2) is 0 Å². The van der Waals surface area contributed by atoms with Gasteiger partial charge in [-0.05, 0) is 64.6 Å². The van der Waals surface area contributed by atoms with Gasteiger partial charge >= 0.3 is 5.97 Å². The van der Waals surface area contributed by atoms with E-state index in [9.17, 15) is 9.90 Å². The Labute approximate surface area is 249 Å². The molecule has 1 aliphatic heterocycles.